The summed E-state index contributed by atoms with van der Waals surface area (Å²) in [5.41, 5.74) is 3.07. The van der Waals surface area contributed by atoms with Crippen LogP contribution in [0.2, 0.25) is 5.02 Å². The summed E-state index contributed by atoms with van der Waals surface area (Å²) in [5.74, 6) is 0.218. The largest absolute Gasteiger partial charge is 0.493 e. The van der Waals surface area contributed by atoms with Crippen molar-refractivity contribution in [1.82, 2.24) is 19.6 Å². The number of aryl methyl sites for hydroxylation is 1. The van der Waals surface area contributed by atoms with E-state index in [4.69, 9.17) is 30.5 Å². The van der Waals surface area contributed by atoms with Crippen molar-refractivity contribution in [3.05, 3.63) is 88.5 Å². The van der Waals surface area contributed by atoms with Gasteiger partial charge in [0.25, 0.3) is 0 Å². The molecule has 10 nitrogen and oxygen atoms in total. The van der Waals surface area contributed by atoms with Crippen LogP contribution in [0.1, 0.15) is 67.8 Å². The van der Waals surface area contributed by atoms with E-state index in [-0.39, 0.29) is 12.7 Å². The summed E-state index contributed by atoms with van der Waals surface area (Å²) in [7, 11) is 3.22. The van der Waals surface area contributed by atoms with Gasteiger partial charge in [-0.05, 0) is 55.7 Å². The maximum absolute atomic E-state index is 11.9. The third kappa shape index (κ3) is 5.49. The number of hydrogen-bond donors (Lipinski definition) is 1. The molecule has 2 aromatic heterocycles. The van der Waals surface area contributed by atoms with E-state index in [1.165, 1.54) is 0 Å². The number of carboxylic acid groups (broad SMARTS) is 1. The van der Waals surface area contributed by atoms with E-state index in [1.807, 2.05) is 68.6 Å². The SMILES string of the molecule is CCC(CC)(OCc1cnnn1CC[C@H]1O[C@H](c2cccc(OC)c2OC)c2cc(Cl)ccc2-n2cccc21)C(=O)O. The molecular weight excluding hydrogens is 560 g/mol. The predicted octanol–water partition coefficient (Wildman–Crippen LogP) is 6.15. The fraction of sp³-hybridized carbons (Fsp3) is 0.387. The molecule has 3 heterocycles. The average molecular weight is 595 g/mol. The summed E-state index contributed by atoms with van der Waals surface area (Å²) in [4.78, 5) is 11.9. The number of fused-ring (bicyclic) bond motifs is 3. The van der Waals surface area contributed by atoms with Gasteiger partial charge in [-0.1, -0.05) is 42.8 Å². The summed E-state index contributed by atoms with van der Waals surface area (Å²) in [6.07, 6.45) is 4.01. The number of carbonyl (C=O) groups is 1. The number of aromatic nitrogens is 4. The highest BCUT2D eigenvalue weighted by molar-refractivity contribution is 6.30. The lowest BCUT2D eigenvalue weighted by Crippen LogP contribution is -2.40. The van der Waals surface area contributed by atoms with E-state index < -0.39 is 17.7 Å². The minimum absolute atomic E-state index is 0.0798. The van der Waals surface area contributed by atoms with Gasteiger partial charge in [-0.25, -0.2) is 9.48 Å². The third-order valence-electron chi connectivity index (χ3n) is 7.99. The molecule has 1 N–H and O–H groups in total. The quantitative estimate of drug-likeness (QED) is 0.208. The van der Waals surface area contributed by atoms with Crippen LogP contribution in [0.3, 0.4) is 0 Å². The van der Waals surface area contributed by atoms with Crippen LogP contribution in [0.5, 0.6) is 11.5 Å². The zero-order valence-electron chi connectivity index (χ0n) is 24.1. The van der Waals surface area contributed by atoms with E-state index in [0.717, 1.165) is 22.5 Å². The van der Waals surface area contributed by atoms with E-state index in [1.54, 1.807) is 25.1 Å². The van der Waals surface area contributed by atoms with Gasteiger partial charge >= 0.3 is 5.97 Å². The van der Waals surface area contributed by atoms with Crippen LogP contribution in [0.25, 0.3) is 5.69 Å². The smallest absolute Gasteiger partial charge is 0.335 e. The molecular formula is C31H35ClN4O6. The molecule has 5 rings (SSSR count). The van der Waals surface area contributed by atoms with Crippen molar-refractivity contribution in [2.24, 2.45) is 0 Å². The first-order valence-corrected chi connectivity index (χ1v) is 14.3. The van der Waals surface area contributed by atoms with E-state index in [9.17, 15) is 9.90 Å². The second-order valence-electron chi connectivity index (χ2n) is 10.1. The van der Waals surface area contributed by atoms with Crippen molar-refractivity contribution < 1.29 is 28.8 Å². The standard InChI is InChI=1S/C31H35ClN4O6/c1-5-31(6-2,30(37)38)41-19-21-18-33-34-36(21)16-14-26-25-10-8-15-35(25)24-13-12-20(32)17-23(24)28(42-26)22-9-7-11-27(39-3)29(22)40-4/h7-13,15,17-18,26,28H,5-6,14,16,19H2,1-4H3,(H,37,38)/t26-,28-/m1/s1. The molecule has 222 valence electrons. The molecule has 1 aliphatic heterocycles. The summed E-state index contributed by atoms with van der Waals surface area (Å²) < 4.78 is 28.1. The normalized spacial score (nSPS) is 16.4. The topological polar surface area (TPSA) is 110 Å². The number of para-hydroxylation sites is 1. The van der Waals surface area contributed by atoms with Gasteiger partial charge in [0.15, 0.2) is 17.1 Å². The molecule has 1 aliphatic rings. The maximum Gasteiger partial charge on any atom is 0.335 e. The minimum atomic E-state index is -1.25. The molecule has 2 aromatic carbocycles. The van der Waals surface area contributed by atoms with Crippen LogP contribution in [0, 0.1) is 0 Å². The summed E-state index contributed by atoms with van der Waals surface area (Å²) in [6.45, 7) is 4.16. The lowest BCUT2D eigenvalue weighted by Gasteiger charge is -2.27. The molecule has 0 saturated carbocycles. The molecule has 0 saturated heterocycles. The molecule has 0 aliphatic carbocycles. The maximum atomic E-state index is 11.9. The number of carboxylic acids is 1. The first-order chi connectivity index (χ1) is 20.4. The minimum Gasteiger partial charge on any atom is -0.493 e. The Morgan fingerprint density at radius 3 is 2.62 bits per heavy atom. The Labute approximate surface area is 249 Å². The van der Waals surface area contributed by atoms with Crippen molar-refractivity contribution in [2.75, 3.05) is 14.2 Å². The number of nitrogens with zero attached hydrogens (tertiary/aromatic N) is 4. The van der Waals surface area contributed by atoms with E-state index in [2.05, 4.69) is 14.9 Å². The third-order valence-corrected chi connectivity index (χ3v) is 8.22. The Hall–Kier alpha value is -3.86. The van der Waals surface area contributed by atoms with Crippen LogP contribution in [-0.2, 0) is 27.4 Å². The molecule has 0 radical (unpaired) electrons. The highest BCUT2D eigenvalue weighted by Gasteiger charge is 2.37. The lowest BCUT2D eigenvalue weighted by molar-refractivity contribution is -0.169. The zero-order chi connectivity index (χ0) is 29.9. The fourth-order valence-electron chi connectivity index (χ4n) is 5.56. The van der Waals surface area contributed by atoms with Crippen LogP contribution < -0.4 is 9.47 Å². The fourth-order valence-corrected chi connectivity index (χ4v) is 5.74. The van der Waals surface area contributed by atoms with Gasteiger partial charge < -0.3 is 28.6 Å². The van der Waals surface area contributed by atoms with Gasteiger partial charge in [-0.2, -0.15) is 0 Å². The molecule has 4 aromatic rings. The number of hydrogen-bond acceptors (Lipinski definition) is 7. The first kappa shape index (κ1) is 29.6. The van der Waals surface area contributed by atoms with Crippen molar-refractivity contribution in [2.45, 2.75) is 64.1 Å². The number of benzene rings is 2. The lowest BCUT2D eigenvalue weighted by atomic mass is 9.97. The molecule has 2 atom stereocenters. The van der Waals surface area contributed by atoms with Crippen molar-refractivity contribution in [1.29, 1.82) is 0 Å². The van der Waals surface area contributed by atoms with Crippen LogP contribution in [0.4, 0.5) is 0 Å². The Kier molecular flexibility index (Phi) is 8.86. The van der Waals surface area contributed by atoms with Gasteiger partial charge in [0.2, 0.25) is 0 Å². The Morgan fingerprint density at radius 2 is 1.90 bits per heavy atom. The van der Waals surface area contributed by atoms with E-state index in [0.29, 0.717) is 48.0 Å². The molecule has 0 fully saturated rings. The Bertz CT molecular complexity index is 1550. The van der Waals surface area contributed by atoms with Crippen molar-refractivity contribution >= 4 is 17.6 Å². The highest BCUT2D eigenvalue weighted by Crippen LogP contribution is 2.46. The number of aliphatic carboxylic acids is 1. The Balaban J connectivity index is 1.47. The van der Waals surface area contributed by atoms with Crippen LogP contribution in [0.15, 0.2) is 60.9 Å². The number of halogens is 1. The number of rotatable bonds is 12. The number of methoxy groups -OCH3 is 2. The van der Waals surface area contributed by atoms with E-state index >= 15 is 0 Å². The Morgan fingerprint density at radius 1 is 1.10 bits per heavy atom. The van der Waals surface area contributed by atoms with Crippen molar-refractivity contribution in [3.63, 3.8) is 0 Å². The molecule has 0 unspecified atom stereocenters. The van der Waals surface area contributed by atoms with Crippen LogP contribution in [-0.4, -0.2) is 50.5 Å². The van der Waals surface area contributed by atoms with Crippen molar-refractivity contribution in [3.8, 4) is 17.2 Å². The molecule has 0 amide bonds. The average Bonchev–Trinajstić information content (AvgIpc) is 3.65. The number of ether oxygens (including phenoxy) is 4. The van der Waals surface area contributed by atoms with Gasteiger partial charge in [-0.3, -0.25) is 0 Å². The summed E-state index contributed by atoms with van der Waals surface area (Å²) in [6, 6.07) is 15.6. The first-order valence-electron chi connectivity index (χ1n) is 13.9. The van der Waals surface area contributed by atoms with Gasteiger partial charge in [0, 0.05) is 28.9 Å². The monoisotopic (exact) mass is 594 g/mol. The second-order valence-corrected chi connectivity index (χ2v) is 10.6. The summed E-state index contributed by atoms with van der Waals surface area (Å²) >= 11 is 6.51. The van der Waals surface area contributed by atoms with Gasteiger partial charge in [0.05, 0.1) is 44.1 Å². The molecule has 0 spiro atoms. The van der Waals surface area contributed by atoms with Gasteiger partial charge in [-0.15, -0.1) is 5.10 Å². The zero-order valence-corrected chi connectivity index (χ0v) is 24.9. The molecule has 11 heteroatoms. The highest BCUT2D eigenvalue weighted by atomic mass is 35.5. The molecule has 42 heavy (non-hydrogen) atoms. The predicted molar refractivity (Wildman–Crippen MR) is 156 cm³/mol. The summed E-state index contributed by atoms with van der Waals surface area (Å²) in [5, 5.41) is 18.7. The van der Waals surface area contributed by atoms with Crippen LogP contribution >= 0.6 is 11.6 Å². The van der Waals surface area contributed by atoms with Gasteiger partial charge in [0.1, 0.15) is 12.2 Å². The second kappa shape index (κ2) is 12.6. The molecule has 0 bridgehead atoms.